The molecule has 1 aliphatic rings. The minimum Gasteiger partial charge on any atom is -0.455 e. The summed E-state index contributed by atoms with van der Waals surface area (Å²) in [4.78, 5) is 23.9. The summed E-state index contributed by atoms with van der Waals surface area (Å²) in [5.41, 5.74) is 2.58. The third-order valence-corrected chi connectivity index (χ3v) is 5.37. The molecule has 1 aliphatic carbocycles. The van der Waals surface area contributed by atoms with E-state index in [2.05, 4.69) is 5.32 Å². The lowest BCUT2D eigenvalue weighted by Crippen LogP contribution is -2.19. The van der Waals surface area contributed by atoms with Crippen LogP contribution >= 0.6 is 0 Å². The zero-order valence-corrected chi connectivity index (χ0v) is 17.5. The summed E-state index contributed by atoms with van der Waals surface area (Å²) in [6, 6.07) is 10.7. The number of hydrogen-bond acceptors (Lipinski definition) is 5. The van der Waals surface area contributed by atoms with Crippen LogP contribution in [0.3, 0.4) is 0 Å². The van der Waals surface area contributed by atoms with Crippen LogP contribution in [-0.4, -0.2) is 24.0 Å². The van der Waals surface area contributed by atoms with Crippen LogP contribution in [0.1, 0.15) is 61.0 Å². The van der Waals surface area contributed by atoms with Crippen LogP contribution in [-0.2, 0) is 10.4 Å². The molecule has 0 bridgehead atoms. The average Bonchev–Trinajstić information content (AvgIpc) is 3.46. The first-order valence-corrected chi connectivity index (χ1v) is 10.0. The first-order chi connectivity index (χ1) is 14.2. The topological polar surface area (TPSA) is 88.8 Å². The van der Waals surface area contributed by atoms with Crippen molar-refractivity contribution in [1.82, 2.24) is 5.32 Å². The van der Waals surface area contributed by atoms with Gasteiger partial charge in [-0.05, 0) is 80.1 Å². The van der Waals surface area contributed by atoms with Crippen molar-refractivity contribution in [2.45, 2.75) is 45.1 Å². The summed E-state index contributed by atoms with van der Waals surface area (Å²) in [6.45, 7) is 4.86. The molecule has 1 aromatic heterocycles. The fraction of sp³-hybridized carbons (Fsp3) is 0.333. The number of carbonyl (C=O) groups is 2. The molecule has 1 fully saturated rings. The lowest BCUT2D eigenvalue weighted by atomic mass is 9.89. The summed E-state index contributed by atoms with van der Waals surface area (Å²) in [5.74, 6) is 0.613. The zero-order valence-electron chi connectivity index (χ0n) is 17.5. The van der Waals surface area contributed by atoms with Gasteiger partial charge in [0, 0.05) is 24.9 Å². The molecule has 0 saturated heterocycles. The molecule has 30 heavy (non-hydrogen) atoms. The summed E-state index contributed by atoms with van der Waals surface area (Å²) in [5, 5.41) is 14.1. The quantitative estimate of drug-likeness (QED) is 0.481. The molecule has 6 nitrogen and oxygen atoms in total. The average molecular weight is 407 g/mol. The summed E-state index contributed by atoms with van der Waals surface area (Å²) in [7, 11) is 1.59. The zero-order chi connectivity index (χ0) is 21.6. The number of ether oxygens (including phenoxy) is 1. The number of furan rings is 1. The van der Waals surface area contributed by atoms with Gasteiger partial charge in [0.05, 0.1) is 11.2 Å². The highest BCUT2D eigenvalue weighted by Crippen LogP contribution is 2.47. The van der Waals surface area contributed by atoms with E-state index in [1.165, 1.54) is 6.92 Å². The number of nitrogens with one attached hydrogen (secondary N) is 1. The van der Waals surface area contributed by atoms with Crippen molar-refractivity contribution in [2.24, 2.45) is 0 Å². The molecule has 0 atom stereocenters. The normalized spacial score (nSPS) is 14.0. The SMILES string of the molecule is CNC(=O)c1c(-c2ccc(OC(C)=O)cc2)oc2cc(C(C)(C)O)c(C3CC3)cc12. The Hall–Kier alpha value is -3.12. The maximum absolute atomic E-state index is 12.8. The van der Waals surface area contributed by atoms with E-state index in [-0.39, 0.29) is 5.91 Å². The van der Waals surface area contributed by atoms with Crippen molar-refractivity contribution < 1.29 is 23.8 Å². The highest BCUT2D eigenvalue weighted by atomic mass is 16.5. The first kappa shape index (κ1) is 20.2. The van der Waals surface area contributed by atoms with Crippen LogP contribution in [0.5, 0.6) is 5.75 Å². The van der Waals surface area contributed by atoms with Crippen LogP contribution in [0, 0.1) is 0 Å². The van der Waals surface area contributed by atoms with Crippen LogP contribution < -0.4 is 10.1 Å². The number of benzene rings is 2. The lowest BCUT2D eigenvalue weighted by Gasteiger charge is -2.21. The molecule has 2 N–H and O–H groups in total. The van der Waals surface area contributed by atoms with Gasteiger partial charge in [-0.25, -0.2) is 0 Å². The monoisotopic (exact) mass is 407 g/mol. The Morgan fingerprint density at radius 3 is 2.37 bits per heavy atom. The van der Waals surface area contributed by atoms with Gasteiger partial charge in [-0.1, -0.05) is 0 Å². The van der Waals surface area contributed by atoms with Gasteiger partial charge in [0.1, 0.15) is 17.1 Å². The summed E-state index contributed by atoms with van der Waals surface area (Å²) in [6.07, 6.45) is 2.15. The van der Waals surface area contributed by atoms with Crippen molar-refractivity contribution in [1.29, 1.82) is 0 Å². The van der Waals surface area contributed by atoms with E-state index >= 15 is 0 Å². The maximum atomic E-state index is 12.8. The van der Waals surface area contributed by atoms with Gasteiger partial charge in [-0.2, -0.15) is 0 Å². The second-order valence-electron chi connectivity index (χ2n) is 8.27. The number of aliphatic hydroxyl groups is 1. The maximum Gasteiger partial charge on any atom is 0.308 e. The minimum atomic E-state index is -1.02. The number of carbonyl (C=O) groups excluding carboxylic acids is 2. The van der Waals surface area contributed by atoms with Crippen molar-refractivity contribution in [3.8, 4) is 17.1 Å². The Morgan fingerprint density at radius 1 is 1.17 bits per heavy atom. The van der Waals surface area contributed by atoms with Gasteiger partial charge in [0.15, 0.2) is 0 Å². The Bertz CT molecular complexity index is 1130. The molecule has 1 saturated carbocycles. The standard InChI is InChI=1S/C24H25NO5/c1-13(26)29-16-9-7-15(8-10-16)22-21(23(27)25-4)18-11-17(14-5-6-14)19(24(2,3)28)12-20(18)30-22/h7-12,14,28H,5-6H2,1-4H3,(H,25,27). The molecule has 3 aromatic rings. The van der Waals surface area contributed by atoms with Crippen molar-refractivity contribution in [3.05, 3.63) is 53.1 Å². The fourth-order valence-corrected chi connectivity index (χ4v) is 3.82. The number of amides is 1. The van der Waals surface area contributed by atoms with Gasteiger partial charge in [0.2, 0.25) is 0 Å². The summed E-state index contributed by atoms with van der Waals surface area (Å²) < 4.78 is 11.2. The predicted octanol–water partition coefficient (Wildman–Crippen LogP) is 4.49. The Labute approximate surface area is 174 Å². The van der Waals surface area contributed by atoms with E-state index in [1.807, 2.05) is 12.1 Å². The van der Waals surface area contributed by atoms with Crippen molar-refractivity contribution in [2.75, 3.05) is 7.05 Å². The van der Waals surface area contributed by atoms with E-state index < -0.39 is 11.6 Å². The predicted molar refractivity (Wildman–Crippen MR) is 114 cm³/mol. The minimum absolute atomic E-state index is 0.245. The van der Waals surface area contributed by atoms with E-state index in [0.717, 1.165) is 29.4 Å². The Morgan fingerprint density at radius 2 is 1.83 bits per heavy atom. The Kier molecular flexibility index (Phi) is 4.90. The number of hydrogen-bond donors (Lipinski definition) is 2. The lowest BCUT2D eigenvalue weighted by molar-refractivity contribution is -0.131. The molecule has 1 heterocycles. The highest BCUT2D eigenvalue weighted by molar-refractivity contribution is 6.11. The Balaban J connectivity index is 1.91. The van der Waals surface area contributed by atoms with Gasteiger partial charge in [0.25, 0.3) is 5.91 Å². The van der Waals surface area contributed by atoms with Gasteiger partial charge < -0.3 is 19.6 Å². The van der Waals surface area contributed by atoms with Crippen molar-refractivity contribution >= 4 is 22.8 Å². The van der Waals surface area contributed by atoms with E-state index in [1.54, 1.807) is 45.2 Å². The van der Waals surface area contributed by atoms with E-state index in [9.17, 15) is 14.7 Å². The number of esters is 1. The largest absolute Gasteiger partial charge is 0.455 e. The van der Waals surface area contributed by atoms with Gasteiger partial charge in [-0.3, -0.25) is 9.59 Å². The van der Waals surface area contributed by atoms with Crippen LogP contribution in [0.4, 0.5) is 0 Å². The van der Waals surface area contributed by atoms with Crippen molar-refractivity contribution in [3.63, 3.8) is 0 Å². The van der Waals surface area contributed by atoms with Crippen LogP contribution in [0.2, 0.25) is 0 Å². The van der Waals surface area contributed by atoms with Gasteiger partial charge in [-0.15, -0.1) is 0 Å². The van der Waals surface area contributed by atoms with E-state index in [0.29, 0.717) is 34.1 Å². The molecule has 2 aromatic carbocycles. The smallest absolute Gasteiger partial charge is 0.308 e. The molecule has 0 unspecified atom stereocenters. The summed E-state index contributed by atoms with van der Waals surface area (Å²) >= 11 is 0. The fourth-order valence-electron chi connectivity index (χ4n) is 3.82. The second-order valence-corrected chi connectivity index (χ2v) is 8.27. The molecule has 156 valence electrons. The number of fused-ring (bicyclic) bond motifs is 1. The molecular weight excluding hydrogens is 382 g/mol. The molecule has 4 rings (SSSR count). The highest BCUT2D eigenvalue weighted by Gasteiger charge is 2.33. The van der Waals surface area contributed by atoms with E-state index in [4.69, 9.17) is 9.15 Å². The second kappa shape index (κ2) is 7.29. The van der Waals surface area contributed by atoms with Crippen LogP contribution in [0.15, 0.2) is 40.8 Å². The first-order valence-electron chi connectivity index (χ1n) is 10.0. The molecule has 6 heteroatoms. The molecule has 1 amide bonds. The van der Waals surface area contributed by atoms with Gasteiger partial charge >= 0.3 is 5.97 Å². The third-order valence-electron chi connectivity index (χ3n) is 5.37. The molecular formula is C24H25NO5. The molecule has 0 spiro atoms. The number of rotatable bonds is 5. The van der Waals surface area contributed by atoms with Crippen LogP contribution in [0.25, 0.3) is 22.3 Å². The third kappa shape index (κ3) is 3.71. The molecule has 0 radical (unpaired) electrons. The molecule has 0 aliphatic heterocycles.